The average Bonchev–Trinajstić information content (AvgIpc) is 2.81. The molecule has 4 nitrogen and oxygen atoms in total. The first-order valence-electron chi connectivity index (χ1n) is 12.5. The lowest BCUT2D eigenvalue weighted by Crippen LogP contribution is -2.48. The molecule has 0 saturated heterocycles. The van der Waals surface area contributed by atoms with Crippen LogP contribution in [0.3, 0.4) is 0 Å². The van der Waals surface area contributed by atoms with E-state index in [1.54, 1.807) is 7.11 Å². The van der Waals surface area contributed by atoms with Crippen molar-refractivity contribution in [3.63, 3.8) is 0 Å². The fraction of sp³-hybridized carbons (Fsp3) is 0.607. The van der Waals surface area contributed by atoms with E-state index in [0.717, 1.165) is 49.9 Å². The minimum atomic E-state index is -4.48. The number of nitrogens with zero attached hydrogens (tertiary/aromatic N) is 1. The summed E-state index contributed by atoms with van der Waals surface area (Å²) in [6, 6.07) is 4.34. The lowest BCUT2D eigenvalue weighted by atomic mass is 9.59. The highest BCUT2D eigenvalue weighted by atomic mass is 19.4. The zero-order chi connectivity index (χ0) is 25.5. The fourth-order valence-corrected chi connectivity index (χ4v) is 6.16. The summed E-state index contributed by atoms with van der Waals surface area (Å²) in [5.41, 5.74) is 0.963. The average molecular weight is 490 g/mol. The molecule has 0 spiro atoms. The van der Waals surface area contributed by atoms with Gasteiger partial charge in [0, 0.05) is 36.3 Å². The molecular weight excluding hydrogens is 455 g/mol. The number of rotatable bonds is 5. The number of ether oxygens (including phenoxy) is 1. The molecule has 0 N–H and O–H groups in total. The van der Waals surface area contributed by atoms with Crippen LogP contribution in [0.25, 0.3) is 0 Å². The molecule has 1 aromatic rings. The number of aliphatic imine (C=N–C) groups is 1. The molecule has 1 aliphatic heterocycles. The quantitative estimate of drug-likeness (QED) is 0.426. The number of hydrogen-bond acceptors (Lipinski definition) is 4. The van der Waals surface area contributed by atoms with Crippen molar-refractivity contribution in [2.24, 2.45) is 28.2 Å². The molecule has 0 bridgehead atoms. The molecule has 0 amide bonds. The Morgan fingerprint density at radius 2 is 1.71 bits per heavy atom. The minimum Gasteiger partial charge on any atom is -0.375 e. The van der Waals surface area contributed by atoms with Gasteiger partial charge in [0.05, 0.1) is 23.3 Å². The Hall–Kier alpha value is -2.28. The molecule has 2 aliphatic carbocycles. The zero-order valence-corrected chi connectivity index (χ0v) is 20.9. The number of halogens is 3. The predicted octanol–water partition coefficient (Wildman–Crippen LogP) is 6.83. The smallest absolute Gasteiger partial charge is 0.375 e. The van der Waals surface area contributed by atoms with Gasteiger partial charge in [-0.05, 0) is 49.7 Å². The Labute approximate surface area is 205 Å². The van der Waals surface area contributed by atoms with Crippen LogP contribution in [-0.2, 0) is 15.7 Å². The van der Waals surface area contributed by atoms with Crippen molar-refractivity contribution in [1.29, 1.82) is 0 Å². The van der Waals surface area contributed by atoms with Crippen molar-refractivity contribution in [3.05, 3.63) is 46.7 Å². The van der Waals surface area contributed by atoms with Crippen LogP contribution in [0.2, 0.25) is 0 Å². The molecule has 4 rings (SSSR count). The summed E-state index contributed by atoms with van der Waals surface area (Å²) in [5, 5.41) is 0. The third-order valence-electron chi connectivity index (χ3n) is 7.87. The summed E-state index contributed by atoms with van der Waals surface area (Å²) >= 11 is 0. The van der Waals surface area contributed by atoms with Gasteiger partial charge in [-0.3, -0.25) is 14.6 Å². The summed E-state index contributed by atoms with van der Waals surface area (Å²) in [5.74, 6) is -0.871. The molecule has 2 fully saturated rings. The van der Waals surface area contributed by atoms with E-state index in [2.05, 4.69) is 13.8 Å². The molecular formula is C28H34F3NO3. The standard InChI is InChI=1S/C28H34F3NO3/c1-16(35-4)25-24(26(34)18-10-12-19(13-11-18)28(29,30)31)22(17-8-6-5-7-9-17)23-20(32-25)14-27(2,3)15-21(23)33/h10-13,16-17,22-23H,5-9,14-15H2,1-4H3. The van der Waals surface area contributed by atoms with E-state index < -0.39 is 23.8 Å². The van der Waals surface area contributed by atoms with Crippen LogP contribution in [0, 0.1) is 23.2 Å². The molecule has 1 aromatic carbocycles. The Kier molecular flexibility index (Phi) is 7.11. The topological polar surface area (TPSA) is 55.7 Å². The number of hydrogen-bond donors (Lipinski definition) is 0. The molecule has 190 valence electrons. The molecule has 35 heavy (non-hydrogen) atoms. The Morgan fingerprint density at radius 3 is 2.29 bits per heavy atom. The van der Waals surface area contributed by atoms with Crippen LogP contribution in [0.4, 0.5) is 13.2 Å². The lowest BCUT2D eigenvalue weighted by molar-refractivity contribution is -0.137. The maximum atomic E-state index is 14.0. The van der Waals surface area contributed by atoms with Crippen LogP contribution >= 0.6 is 0 Å². The summed E-state index contributed by atoms with van der Waals surface area (Å²) in [7, 11) is 1.55. The molecule has 0 aromatic heterocycles. The number of ketones is 2. The normalized spacial score (nSPS) is 26.3. The minimum absolute atomic E-state index is 0.109. The highest BCUT2D eigenvalue weighted by Crippen LogP contribution is 2.49. The number of allylic oxidation sites excluding steroid dienone is 1. The third kappa shape index (κ3) is 5.16. The van der Waals surface area contributed by atoms with Crippen LogP contribution in [-0.4, -0.2) is 30.5 Å². The first-order chi connectivity index (χ1) is 16.4. The lowest BCUT2D eigenvalue weighted by Gasteiger charge is -2.45. The van der Waals surface area contributed by atoms with Gasteiger partial charge in [0.15, 0.2) is 5.78 Å². The van der Waals surface area contributed by atoms with Gasteiger partial charge in [0.2, 0.25) is 0 Å². The first kappa shape index (κ1) is 25.8. The molecule has 3 atom stereocenters. The number of carbonyl (C=O) groups excluding carboxylic acids is 2. The largest absolute Gasteiger partial charge is 0.416 e. The van der Waals surface area contributed by atoms with Crippen molar-refractivity contribution >= 4 is 17.3 Å². The van der Waals surface area contributed by atoms with Gasteiger partial charge in [-0.25, -0.2) is 0 Å². The van der Waals surface area contributed by atoms with Gasteiger partial charge in [0.25, 0.3) is 0 Å². The molecule has 1 heterocycles. The number of Topliss-reactive ketones (excluding diaryl/α,β-unsaturated/α-hetero) is 2. The van der Waals surface area contributed by atoms with Gasteiger partial charge in [0.1, 0.15) is 5.78 Å². The maximum Gasteiger partial charge on any atom is 0.416 e. The van der Waals surface area contributed by atoms with E-state index in [9.17, 15) is 22.8 Å². The van der Waals surface area contributed by atoms with E-state index >= 15 is 0 Å². The van der Waals surface area contributed by atoms with E-state index in [0.29, 0.717) is 24.1 Å². The van der Waals surface area contributed by atoms with Gasteiger partial charge >= 0.3 is 6.18 Å². The van der Waals surface area contributed by atoms with E-state index in [1.807, 2.05) is 6.92 Å². The van der Waals surface area contributed by atoms with Crippen molar-refractivity contribution in [3.8, 4) is 0 Å². The number of fused-ring (bicyclic) bond motifs is 1. The van der Waals surface area contributed by atoms with Crippen LogP contribution in [0.1, 0.15) is 81.6 Å². The Balaban J connectivity index is 1.87. The van der Waals surface area contributed by atoms with Gasteiger partial charge < -0.3 is 4.74 Å². The van der Waals surface area contributed by atoms with Crippen LogP contribution < -0.4 is 0 Å². The van der Waals surface area contributed by atoms with Crippen molar-refractivity contribution in [2.75, 3.05) is 7.11 Å². The Morgan fingerprint density at radius 1 is 1.09 bits per heavy atom. The van der Waals surface area contributed by atoms with Crippen LogP contribution in [0.15, 0.2) is 40.5 Å². The number of methoxy groups -OCH3 is 1. The second-order valence-electron chi connectivity index (χ2n) is 11.1. The van der Waals surface area contributed by atoms with Crippen LogP contribution in [0.5, 0.6) is 0 Å². The van der Waals surface area contributed by atoms with Crippen molar-refractivity contribution < 1.29 is 27.5 Å². The monoisotopic (exact) mass is 489 g/mol. The maximum absolute atomic E-state index is 14.0. The molecule has 3 aliphatic rings. The summed E-state index contributed by atoms with van der Waals surface area (Å²) in [4.78, 5) is 32.4. The van der Waals surface area contributed by atoms with Gasteiger partial charge in [-0.1, -0.05) is 45.2 Å². The van der Waals surface area contributed by atoms with E-state index in [1.165, 1.54) is 12.1 Å². The number of alkyl halides is 3. The van der Waals surface area contributed by atoms with E-state index in [-0.39, 0.29) is 34.4 Å². The molecule has 3 unspecified atom stereocenters. The van der Waals surface area contributed by atoms with Crippen molar-refractivity contribution in [1.82, 2.24) is 0 Å². The van der Waals surface area contributed by atoms with Gasteiger partial charge in [-0.15, -0.1) is 0 Å². The summed E-state index contributed by atoms with van der Waals surface area (Å²) in [6.07, 6.45) is 1.19. The second kappa shape index (κ2) is 9.64. The highest BCUT2D eigenvalue weighted by Gasteiger charge is 2.50. The fourth-order valence-electron chi connectivity index (χ4n) is 6.16. The Bertz CT molecular complexity index is 1050. The molecule has 2 saturated carbocycles. The van der Waals surface area contributed by atoms with Gasteiger partial charge in [-0.2, -0.15) is 13.2 Å². The molecule has 7 heteroatoms. The second-order valence-corrected chi connectivity index (χ2v) is 11.1. The van der Waals surface area contributed by atoms with Crippen molar-refractivity contribution in [2.45, 2.75) is 78.0 Å². The SMILES string of the molecule is COC(C)C1=C(C(=O)c2ccc(C(F)(F)F)cc2)C(C2CCCCC2)C2C(=O)CC(C)(C)CC2=N1. The predicted molar refractivity (Wildman–Crippen MR) is 128 cm³/mol. The number of benzene rings is 1. The molecule has 0 radical (unpaired) electrons. The number of carbonyl (C=O) groups is 2. The highest BCUT2D eigenvalue weighted by molar-refractivity contribution is 6.15. The first-order valence-corrected chi connectivity index (χ1v) is 12.5. The summed E-state index contributed by atoms with van der Waals surface area (Å²) in [6.45, 7) is 5.95. The third-order valence-corrected chi connectivity index (χ3v) is 7.87. The summed E-state index contributed by atoms with van der Waals surface area (Å²) < 4.78 is 45.0. The van der Waals surface area contributed by atoms with E-state index in [4.69, 9.17) is 9.73 Å². The zero-order valence-electron chi connectivity index (χ0n) is 20.9.